The van der Waals surface area contributed by atoms with Crippen molar-refractivity contribution in [1.82, 2.24) is 4.72 Å². The van der Waals surface area contributed by atoms with Crippen LogP contribution in [0, 0.1) is 12.7 Å². The zero-order valence-electron chi connectivity index (χ0n) is 19.3. The molecule has 0 radical (unpaired) electrons. The van der Waals surface area contributed by atoms with Crippen LogP contribution in [0.5, 0.6) is 0 Å². The number of aryl methyl sites for hydroxylation is 1. The first-order valence-corrected chi connectivity index (χ1v) is 13.3. The molecule has 38 heavy (non-hydrogen) atoms. The highest BCUT2D eigenvalue weighted by molar-refractivity contribution is 7.82. The lowest BCUT2D eigenvalue weighted by atomic mass is 9.86. The molecule has 3 aromatic rings. The zero-order valence-corrected chi connectivity index (χ0v) is 22.4. The first-order chi connectivity index (χ1) is 17.8. The number of oxime groups is 1. The monoisotopic (exact) mass is 606 g/mol. The maximum Gasteiger partial charge on any atom is 0.435 e. The van der Waals surface area contributed by atoms with Gasteiger partial charge in [-0.2, -0.15) is 13.2 Å². The van der Waals surface area contributed by atoms with E-state index in [9.17, 15) is 26.6 Å². The van der Waals surface area contributed by atoms with Crippen molar-refractivity contribution in [2.24, 2.45) is 5.16 Å². The van der Waals surface area contributed by atoms with E-state index in [4.69, 9.17) is 39.6 Å². The number of nitrogens with zero attached hydrogens (tertiary/aromatic N) is 1. The number of alkyl halides is 3. The quantitative estimate of drug-likeness (QED) is 0.300. The fraction of sp³-hybridized carbons (Fsp3) is 0.200. The highest BCUT2D eigenvalue weighted by atomic mass is 35.5. The van der Waals surface area contributed by atoms with E-state index in [1.807, 2.05) is 0 Å². The standard InChI is InChI=1S/C25H17Cl3F4N2O3S/c1-13-6-15(3-4-19(13)23(35)34-38(36)12-14-2-5-20(28)21(29)7-14)22-11-24(37-33-22,25(30,31)32)16-8-17(26)10-18(27)9-16/h2-10H,11-12H2,1H3,(H,34,35). The number of carbonyl (C=O) groups excluding carboxylic acids is 1. The van der Waals surface area contributed by atoms with Crippen LogP contribution >= 0.6 is 34.8 Å². The number of nitrogens with one attached hydrogen (secondary N) is 1. The van der Waals surface area contributed by atoms with Gasteiger partial charge in [0.2, 0.25) is 0 Å². The third kappa shape index (κ3) is 5.83. The molecule has 0 aliphatic carbocycles. The number of carbonyl (C=O) groups is 1. The van der Waals surface area contributed by atoms with E-state index in [1.54, 1.807) is 6.92 Å². The van der Waals surface area contributed by atoms with Crippen LogP contribution in [-0.4, -0.2) is 22.0 Å². The molecule has 0 bridgehead atoms. The maximum absolute atomic E-state index is 14.2. The molecular formula is C25H17Cl3F4N2O3S. The van der Waals surface area contributed by atoms with Crippen molar-refractivity contribution < 1.29 is 31.4 Å². The Kier molecular flexibility index (Phi) is 8.09. The van der Waals surface area contributed by atoms with E-state index in [2.05, 4.69) is 9.88 Å². The highest BCUT2D eigenvalue weighted by Crippen LogP contribution is 2.49. The van der Waals surface area contributed by atoms with Gasteiger partial charge < -0.3 is 4.84 Å². The Balaban J connectivity index is 1.51. The predicted molar refractivity (Wildman–Crippen MR) is 138 cm³/mol. The molecule has 200 valence electrons. The van der Waals surface area contributed by atoms with Crippen molar-refractivity contribution in [3.05, 3.63) is 103 Å². The Bertz CT molecular complexity index is 1460. The smallest absolute Gasteiger partial charge is 0.374 e. The number of benzene rings is 3. The molecular weight excluding hydrogens is 591 g/mol. The van der Waals surface area contributed by atoms with Crippen LogP contribution in [0.2, 0.25) is 15.1 Å². The second-order valence-electron chi connectivity index (χ2n) is 8.49. The van der Waals surface area contributed by atoms with Gasteiger partial charge in [-0.25, -0.2) is 8.60 Å². The molecule has 0 spiro atoms. The second kappa shape index (κ2) is 10.8. The van der Waals surface area contributed by atoms with Crippen LogP contribution in [0.25, 0.3) is 0 Å². The predicted octanol–water partition coefficient (Wildman–Crippen LogP) is 7.27. The second-order valence-corrected chi connectivity index (χ2v) is 11.0. The molecule has 1 N–H and O–H groups in total. The van der Waals surface area contributed by atoms with Gasteiger partial charge in [0.15, 0.2) is 0 Å². The third-order valence-electron chi connectivity index (χ3n) is 5.81. The molecule has 1 amide bonds. The number of amides is 1. The first kappa shape index (κ1) is 28.4. The summed E-state index contributed by atoms with van der Waals surface area (Å²) in [6.07, 6.45) is -5.50. The van der Waals surface area contributed by atoms with Crippen LogP contribution in [0.3, 0.4) is 0 Å². The molecule has 4 rings (SSSR count). The summed E-state index contributed by atoms with van der Waals surface area (Å²) in [6, 6.07) is 11.7. The summed E-state index contributed by atoms with van der Waals surface area (Å²) in [7, 11) is -1.88. The molecule has 0 saturated carbocycles. The Morgan fingerprint density at radius 1 is 1.08 bits per heavy atom. The average Bonchev–Trinajstić information content (AvgIpc) is 3.28. The largest absolute Gasteiger partial charge is 0.435 e. The van der Waals surface area contributed by atoms with Crippen molar-refractivity contribution >= 4 is 57.4 Å². The van der Waals surface area contributed by atoms with Crippen molar-refractivity contribution in [3.63, 3.8) is 0 Å². The summed E-state index contributed by atoms with van der Waals surface area (Å²) in [5.74, 6) is -1.51. The number of halogens is 7. The van der Waals surface area contributed by atoms with Crippen molar-refractivity contribution in [2.75, 3.05) is 0 Å². The summed E-state index contributed by atoms with van der Waals surface area (Å²) < 4.78 is 71.0. The van der Waals surface area contributed by atoms with Gasteiger partial charge in [0.05, 0.1) is 16.5 Å². The van der Waals surface area contributed by atoms with E-state index in [1.165, 1.54) is 36.4 Å². The molecule has 1 heterocycles. The Morgan fingerprint density at radius 3 is 2.37 bits per heavy atom. The van der Waals surface area contributed by atoms with Crippen LogP contribution in [0.15, 0.2) is 59.8 Å². The molecule has 2 unspecified atom stereocenters. The lowest BCUT2D eigenvalue weighted by Gasteiger charge is -2.29. The minimum atomic E-state index is -4.85. The minimum Gasteiger partial charge on any atom is -0.374 e. The van der Waals surface area contributed by atoms with Crippen molar-refractivity contribution in [2.45, 2.75) is 30.9 Å². The summed E-state index contributed by atoms with van der Waals surface area (Å²) in [5.41, 5.74) is -1.88. The summed E-state index contributed by atoms with van der Waals surface area (Å²) in [6.45, 7) is 1.57. The molecule has 5 nitrogen and oxygen atoms in total. The van der Waals surface area contributed by atoms with Crippen LogP contribution in [0.1, 0.15) is 39.0 Å². The van der Waals surface area contributed by atoms with Gasteiger partial charge in [0, 0.05) is 27.6 Å². The van der Waals surface area contributed by atoms with Gasteiger partial charge in [-0.3, -0.25) is 9.52 Å². The SMILES string of the molecule is Cc1cc(C2=NOC(c3cc(Cl)cc(Cl)c3)(C(F)(F)F)C2)ccc1C(=O)NS(=O)Cc1ccc(Cl)c(F)c1. The van der Waals surface area contributed by atoms with E-state index in [0.29, 0.717) is 16.7 Å². The molecule has 1 aliphatic heterocycles. The fourth-order valence-corrected chi connectivity index (χ4v) is 5.43. The highest BCUT2D eigenvalue weighted by Gasteiger charge is 2.62. The van der Waals surface area contributed by atoms with Gasteiger partial charge in [-0.1, -0.05) is 52.1 Å². The fourth-order valence-electron chi connectivity index (χ4n) is 3.92. The normalized spacial score (nSPS) is 18.1. The van der Waals surface area contributed by atoms with Crippen molar-refractivity contribution in [3.8, 4) is 0 Å². The third-order valence-corrected chi connectivity index (χ3v) is 7.56. The summed E-state index contributed by atoms with van der Waals surface area (Å²) in [5, 5.41) is 3.65. The molecule has 0 aromatic heterocycles. The number of hydrogen-bond acceptors (Lipinski definition) is 4. The van der Waals surface area contributed by atoms with E-state index >= 15 is 0 Å². The van der Waals surface area contributed by atoms with Gasteiger partial charge in [0.25, 0.3) is 11.5 Å². The van der Waals surface area contributed by atoms with Gasteiger partial charge >= 0.3 is 6.18 Å². The number of hydrogen-bond donors (Lipinski definition) is 1. The van der Waals surface area contributed by atoms with Crippen LogP contribution < -0.4 is 4.72 Å². The Morgan fingerprint density at radius 2 is 1.76 bits per heavy atom. The Hall–Kier alpha value is -2.66. The molecule has 0 fully saturated rings. The maximum atomic E-state index is 14.2. The van der Waals surface area contributed by atoms with Crippen molar-refractivity contribution in [1.29, 1.82) is 0 Å². The lowest BCUT2D eigenvalue weighted by Crippen LogP contribution is -2.42. The average molecular weight is 608 g/mol. The number of rotatable bonds is 6. The molecule has 13 heteroatoms. The van der Waals surface area contributed by atoms with Crippen LogP contribution in [0.4, 0.5) is 17.6 Å². The lowest BCUT2D eigenvalue weighted by molar-refractivity contribution is -0.275. The Labute approximate surface area is 232 Å². The van der Waals surface area contributed by atoms with E-state index < -0.39 is 40.9 Å². The minimum absolute atomic E-state index is 0.00169. The van der Waals surface area contributed by atoms with Gasteiger partial charge in [0.1, 0.15) is 16.8 Å². The summed E-state index contributed by atoms with van der Waals surface area (Å²) >= 11 is 17.5. The van der Waals surface area contributed by atoms with E-state index in [0.717, 1.165) is 18.2 Å². The topological polar surface area (TPSA) is 67.8 Å². The summed E-state index contributed by atoms with van der Waals surface area (Å²) in [4.78, 5) is 17.7. The molecule has 0 saturated heterocycles. The molecule has 3 aromatic carbocycles. The molecule has 2 atom stereocenters. The van der Waals surface area contributed by atoms with Gasteiger partial charge in [-0.05, 0) is 66.1 Å². The van der Waals surface area contributed by atoms with E-state index in [-0.39, 0.29) is 37.7 Å². The van der Waals surface area contributed by atoms with Gasteiger partial charge in [-0.15, -0.1) is 0 Å². The van der Waals surface area contributed by atoms with Crippen LogP contribution in [-0.2, 0) is 27.2 Å². The molecule has 1 aliphatic rings. The zero-order chi connectivity index (χ0) is 27.8. The first-order valence-electron chi connectivity index (χ1n) is 10.8.